The highest BCUT2D eigenvalue weighted by atomic mass is 16.5. The lowest BCUT2D eigenvalue weighted by Crippen LogP contribution is -2.11. The molecule has 110 valence electrons. The first-order chi connectivity index (χ1) is 9.26. The Balaban J connectivity index is 2.15. The molecule has 0 bridgehead atoms. The van der Waals surface area contributed by atoms with E-state index in [4.69, 9.17) is 9.26 Å². The number of hydrogen-bond donors (Lipinski definition) is 1. The Labute approximate surface area is 116 Å². The molecule has 0 saturated heterocycles. The quantitative estimate of drug-likeness (QED) is 0.622. The maximum absolute atomic E-state index is 5.77. The summed E-state index contributed by atoms with van der Waals surface area (Å²) in [6, 6.07) is 1.96. The fourth-order valence-electron chi connectivity index (χ4n) is 1.93. The first-order valence-electron chi connectivity index (χ1n) is 7.53. The van der Waals surface area contributed by atoms with E-state index in [1.165, 1.54) is 25.7 Å². The summed E-state index contributed by atoms with van der Waals surface area (Å²) in [6.07, 6.45) is 6.57. The van der Waals surface area contributed by atoms with Gasteiger partial charge >= 0.3 is 0 Å². The summed E-state index contributed by atoms with van der Waals surface area (Å²) in [7, 11) is 0. The second-order valence-corrected chi connectivity index (χ2v) is 5.04. The predicted molar refractivity (Wildman–Crippen MR) is 76.9 cm³/mol. The van der Waals surface area contributed by atoms with E-state index in [1.807, 2.05) is 6.07 Å². The molecule has 0 aliphatic heterocycles. The van der Waals surface area contributed by atoms with Crippen molar-refractivity contribution < 1.29 is 9.26 Å². The lowest BCUT2D eigenvalue weighted by atomic mass is 10.1. The summed E-state index contributed by atoms with van der Waals surface area (Å²) in [5.74, 6) is 0.813. The van der Waals surface area contributed by atoms with Gasteiger partial charge in [0.15, 0.2) is 5.76 Å². The Bertz CT molecular complexity index is 326. The van der Waals surface area contributed by atoms with Crippen LogP contribution in [0.4, 0.5) is 0 Å². The Hall–Kier alpha value is -0.870. The molecule has 0 aliphatic rings. The molecule has 0 aromatic carbocycles. The van der Waals surface area contributed by atoms with Gasteiger partial charge in [0.1, 0.15) is 6.61 Å². The summed E-state index contributed by atoms with van der Waals surface area (Å²) < 4.78 is 11.0. The van der Waals surface area contributed by atoms with E-state index >= 15 is 0 Å². The van der Waals surface area contributed by atoms with E-state index in [9.17, 15) is 0 Å². The fraction of sp³-hybridized carbons (Fsp3) is 0.800. The summed E-state index contributed by atoms with van der Waals surface area (Å²) in [6.45, 7) is 8.65. The smallest absolute Gasteiger partial charge is 0.162 e. The van der Waals surface area contributed by atoms with Crippen LogP contribution in [0.15, 0.2) is 10.6 Å². The molecular weight excluding hydrogens is 240 g/mol. The first kappa shape index (κ1) is 16.2. The van der Waals surface area contributed by atoms with E-state index in [0.29, 0.717) is 12.7 Å². The van der Waals surface area contributed by atoms with Gasteiger partial charge in [-0.25, -0.2) is 0 Å². The third-order valence-electron chi connectivity index (χ3n) is 3.14. The molecule has 1 rings (SSSR count). The molecule has 1 aromatic rings. The SMILES string of the molecule is CCCCCCC(C)OCc1cc(CNCC)no1. The van der Waals surface area contributed by atoms with Crippen LogP contribution in [-0.4, -0.2) is 17.8 Å². The molecule has 0 saturated carbocycles. The third-order valence-corrected chi connectivity index (χ3v) is 3.14. The standard InChI is InChI=1S/C15H28N2O2/c1-4-6-7-8-9-13(3)18-12-15-10-14(17-19-15)11-16-5-2/h10,13,16H,4-9,11-12H2,1-3H3. The minimum atomic E-state index is 0.291. The topological polar surface area (TPSA) is 47.3 Å². The van der Waals surface area contributed by atoms with Gasteiger partial charge in [-0.1, -0.05) is 44.7 Å². The normalized spacial score (nSPS) is 12.8. The Morgan fingerprint density at radius 1 is 1.32 bits per heavy atom. The number of ether oxygens (including phenoxy) is 1. The Morgan fingerprint density at radius 2 is 2.16 bits per heavy atom. The van der Waals surface area contributed by atoms with Crippen LogP contribution in [0.3, 0.4) is 0 Å². The van der Waals surface area contributed by atoms with Crippen molar-refractivity contribution in [3.05, 3.63) is 17.5 Å². The van der Waals surface area contributed by atoms with E-state index in [0.717, 1.165) is 31.0 Å². The fourth-order valence-corrected chi connectivity index (χ4v) is 1.93. The van der Waals surface area contributed by atoms with Gasteiger partial charge in [-0.05, 0) is 19.9 Å². The van der Waals surface area contributed by atoms with E-state index < -0.39 is 0 Å². The minimum absolute atomic E-state index is 0.291. The average Bonchev–Trinajstić information content (AvgIpc) is 2.87. The second kappa shape index (κ2) is 9.98. The molecule has 1 heterocycles. The molecule has 1 N–H and O–H groups in total. The van der Waals surface area contributed by atoms with Gasteiger partial charge < -0.3 is 14.6 Å². The molecule has 19 heavy (non-hydrogen) atoms. The van der Waals surface area contributed by atoms with Crippen LogP contribution in [0.2, 0.25) is 0 Å². The van der Waals surface area contributed by atoms with Gasteiger partial charge in [0, 0.05) is 12.6 Å². The van der Waals surface area contributed by atoms with Crippen molar-refractivity contribution in [3.63, 3.8) is 0 Å². The summed E-state index contributed by atoms with van der Waals surface area (Å²) >= 11 is 0. The third kappa shape index (κ3) is 7.33. The molecule has 0 amide bonds. The van der Waals surface area contributed by atoms with Crippen LogP contribution in [0.5, 0.6) is 0 Å². The van der Waals surface area contributed by atoms with E-state index in [1.54, 1.807) is 0 Å². The van der Waals surface area contributed by atoms with Crippen molar-refractivity contribution in [2.24, 2.45) is 0 Å². The second-order valence-electron chi connectivity index (χ2n) is 5.04. The Morgan fingerprint density at radius 3 is 2.89 bits per heavy atom. The van der Waals surface area contributed by atoms with Crippen molar-refractivity contribution in [1.82, 2.24) is 10.5 Å². The maximum atomic E-state index is 5.77. The largest absolute Gasteiger partial charge is 0.370 e. The van der Waals surface area contributed by atoms with Crippen molar-refractivity contribution in [1.29, 1.82) is 0 Å². The van der Waals surface area contributed by atoms with Crippen LogP contribution < -0.4 is 5.32 Å². The average molecular weight is 268 g/mol. The molecule has 0 spiro atoms. The number of nitrogens with one attached hydrogen (secondary N) is 1. The van der Waals surface area contributed by atoms with Crippen molar-refractivity contribution in [2.75, 3.05) is 6.54 Å². The molecule has 1 aromatic heterocycles. The first-order valence-corrected chi connectivity index (χ1v) is 7.53. The highest BCUT2D eigenvalue weighted by molar-refractivity contribution is 5.04. The van der Waals surface area contributed by atoms with Crippen molar-refractivity contribution in [3.8, 4) is 0 Å². The minimum Gasteiger partial charge on any atom is -0.370 e. The summed E-state index contributed by atoms with van der Waals surface area (Å²) in [5.41, 5.74) is 0.941. The zero-order valence-electron chi connectivity index (χ0n) is 12.6. The van der Waals surface area contributed by atoms with Gasteiger partial charge in [-0.15, -0.1) is 0 Å². The van der Waals surface area contributed by atoms with E-state index in [2.05, 4.69) is 31.2 Å². The van der Waals surface area contributed by atoms with Gasteiger partial charge in [-0.2, -0.15) is 0 Å². The molecular formula is C15H28N2O2. The van der Waals surface area contributed by atoms with Crippen molar-refractivity contribution >= 4 is 0 Å². The van der Waals surface area contributed by atoms with Crippen LogP contribution in [0, 0.1) is 0 Å². The highest BCUT2D eigenvalue weighted by Crippen LogP contribution is 2.11. The summed E-state index contributed by atoms with van der Waals surface area (Å²) in [5, 5.41) is 7.22. The molecule has 4 nitrogen and oxygen atoms in total. The van der Waals surface area contributed by atoms with Crippen LogP contribution in [0.25, 0.3) is 0 Å². The lowest BCUT2D eigenvalue weighted by molar-refractivity contribution is 0.0333. The zero-order chi connectivity index (χ0) is 13.9. The molecule has 0 radical (unpaired) electrons. The van der Waals surface area contributed by atoms with Gasteiger partial charge in [0.25, 0.3) is 0 Å². The van der Waals surface area contributed by atoms with Gasteiger partial charge in [0.05, 0.1) is 11.8 Å². The van der Waals surface area contributed by atoms with Crippen LogP contribution >= 0.6 is 0 Å². The monoisotopic (exact) mass is 268 g/mol. The van der Waals surface area contributed by atoms with Crippen LogP contribution in [-0.2, 0) is 17.9 Å². The van der Waals surface area contributed by atoms with Gasteiger partial charge in [0.2, 0.25) is 0 Å². The lowest BCUT2D eigenvalue weighted by Gasteiger charge is -2.11. The highest BCUT2D eigenvalue weighted by Gasteiger charge is 2.07. The van der Waals surface area contributed by atoms with Crippen LogP contribution in [0.1, 0.15) is 64.3 Å². The van der Waals surface area contributed by atoms with Gasteiger partial charge in [-0.3, -0.25) is 0 Å². The zero-order valence-corrected chi connectivity index (χ0v) is 12.6. The molecule has 1 atom stereocenters. The maximum Gasteiger partial charge on any atom is 0.162 e. The molecule has 1 unspecified atom stereocenters. The molecule has 0 fully saturated rings. The predicted octanol–water partition coefficient (Wildman–Crippen LogP) is 3.66. The number of nitrogens with zero attached hydrogens (tertiary/aromatic N) is 1. The number of rotatable bonds is 11. The number of unbranched alkanes of at least 4 members (excludes halogenated alkanes) is 3. The Kier molecular flexibility index (Phi) is 8.50. The molecule has 4 heteroatoms. The number of aromatic nitrogens is 1. The number of hydrogen-bond acceptors (Lipinski definition) is 4. The summed E-state index contributed by atoms with van der Waals surface area (Å²) in [4.78, 5) is 0. The van der Waals surface area contributed by atoms with Crippen molar-refractivity contribution in [2.45, 2.75) is 72.1 Å². The van der Waals surface area contributed by atoms with E-state index in [-0.39, 0.29) is 0 Å². The molecule has 0 aliphatic carbocycles.